The standard InChI is InChI=1S/C6H12Br2OSi/c1-10(2,3)6(8)5(9)4-7/h6H,4H2,1-3H3. The molecule has 0 rings (SSSR count). The molecule has 0 N–H and O–H groups in total. The van der Waals surface area contributed by atoms with Gasteiger partial charge in [0.1, 0.15) is 0 Å². The summed E-state index contributed by atoms with van der Waals surface area (Å²) in [5, 5.41) is 0.465. The first-order chi connectivity index (χ1) is 4.39. The van der Waals surface area contributed by atoms with Crippen LogP contribution in [0.1, 0.15) is 0 Å². The van der Waals surface area contributed by atoms with Crippen LogP contribution >= 0.6 is 31.9 Å². The van der Waals surface area contributed by atoms with Crippen LogP contribution in [0.3, 0.4) is 0 Å². The first-order valence-corrected chi connectivity index (χ1v) is 8.74. The predicted molar refractivity (Wildman–Crippen MR) is 54.9 cm³/mol. The zero-order valence-corrected chi connectivity index (χ0v) is 10.6. The average Bonchev–Trinajstić information content (AvgIpc) is 1.83. The van der Waals surface area contributed by atoms with E-state index in [4.69, 9.17) is 0 Å². The second kappa shape index (κ2) is 4.02. The fourth-order valence-corrected chi connectivity index (χ4v) is 2.84. The lowest BCUT2D eigenvalue weighted by Crippen LogP contribution is -2.40. The Morgan fingerprint density at radius 3 is 2.00 bits per heavy atom. The Hall–Kier alpha value is 0.847. The first-order valence-electron chi connectivity index (χ1n) is 3.12. The molecule has 60 valence electrons. The lowest BCUT2D eigenvalue weighted by molar-refractivity contribution is -0.114. The second-order valence-electron chi connectivity index (χ2n) is 3.33. The van der Waals surface area contributed by atoms with Gasteiger partial charge in [0, 0.05) is 0 Å². The van der Waals surface area contributed by atoms with Crippen molar-refractivity contribution in [2.24, 2.45) is 0 Å². The number of Topliss-reactive ketones (excluding diaryl/α,β-unsaturated/α-hetero) is 1. The van der Waals surface area contributed by atoms with Gasteiger partial charge in [0.2, 0.25) is 0 Å². The van der Waals surface area contributed by atoms with Crippen molar-refractivity contribution in [1.82, 2.24) is 0 Å². The molecule has 1 atom stereocenters. The molecule has 0 saturated heterocycles. The lowest BCUT2D eigenvalue weighted by atomic mass is 10.5. The highest BCUT2D eigenvalue weighted by Gasteiger charge is 2.29. The van der Waals surface area contributed by atoms with Gasteiger partial charge < -0.3 is 0 Å². The number of hydrogen-bond donors (Lipinski definition) is 0. The number of rotatable bonds is 3. The largest absolute Gasteiger partial charge is 0.298 e. The molecule has 0 amide bonds. The lowest BCUT2D eigenvalue weighted by Gasteiger charge is -2.20. The van der Waals surface area contributed by atoms with Gasteiger partial charge in [0.15, 0.2) is 5.78 Å². The fourth-order valence-electron chi connectivity index (χ4n) is 0.551. The van der Waals surface area contributed by atoms with Gasteiger partial charge in [-0.1, -0.05) is 51.5 Å². The first kappa shape index (κ1) is 10.8. The quantitative estimate of drug-likeness (QED) is 0.576. The van der Waals surface area contributed by atoms with E-state index in [0.29, 0.717) is 5.33 Å². The van der Waals surface area contributed by atoms with E-state index in [1.165, 1.54) is 0 Å². The molecule has 0 aliphatic heterocycles. The molecule has 0 aromatic carbocycles. The molecule has 1 unspecified atom stereocenters. The number of alkyl halides is 2. The van der Waals surface area contributed by atoms with Gasteiger partial charge in [-0.15, -0.1) is 0 Å². The summed E-state index contributed by atoms with van der Waals surface area (Å²) in [6.45, 7) is 6.52. The van der Waals surface area contributed by atoms with Crippen LogP contribution in [0.15, 0.2) is 0 Å². The third kappa shape index (κ3) is 3.30. The molecule has 0 heterocycles. The van der Waals surface area contributed by atoms with Crippen LogP contribution in [0.4, 0.5) is 0 Å². The molecular weight excluding hydrogens is 276 g/mol. The zero-order valence-electron chi connectivity index (χ0n) is 6.45. The summed E-state index contributed by atoms with van der Waals surface area (Å²) in [5.74, 6) is 0.263. The van der Waals surface area contributed by atoms with Gasteiger partial charge in [0.25, 0.3) is 0 Å². The zero-order chi connectivity index (χ0) is 8.36. The van der Waals surface area contributed by atoms with E-state index >= 15 is 0 Å². The van der Waals surface area contributed by atoms with Gasteiger partial charge in [-0.2, -0.15) is 0 Å². The Balaban J connectivity index is 4.08. The van der Waals surface area contributed by atoms with Crippen molar-refractivity contribution >= 4 is 45.7 Å². The monoisotopic (exact) mass is 286 g/mol. The molecular formula is C6H12Br2OSi. The smallest absolute Gasteiger partial charge is 0.154 e. The number of carbonyl (C=O) groups excluding carboxylic acids is 1. The second-order valence-corrected chi connectivity index (χ2v) is 11.0. The van der Waals surface area contributed by atoms with E-state index in [0.717, 1.165) is 0 Å². The van der Waals surface area contributed by atoms with Crippen molar-refractivity contribution in [1.29, 1.82) is 0 Å². The molecule has 4 heteroatoms. The van der Waals surface area contributed by atoms with Crippen LogP contribution in [0, 0.1) is 0 Å². The Labute approximate surface area is 79.8 Å². The van der Waals surface area contributed by atoms with Crippen molar-refractivity contribution in [2.45, 2.75) is 24.1 Å². The fraction of sp³-hybridized carbons (Fsp3) is 0.833. The van der Waals surface area contributed by atoms with Crippen molar-refractivity contribution in [3.8, 4) is 0 Å². The van der Waals surface area contributed by atoms with E-state index in [1.807, 2.05) is 0 Å². The molecule has 0 radical (unpaired) electrons. The number of carbonyl (C=O) groups is 1. The van der Waals surface area contributed by atoms with Crippen LogP contribution in [0.2, 0.25) is 19.6 Å². The van der Waals surface area contributed by atoms with E-state index in [9.17, 15) is 4.79 Å². The molecule has 0 aliphatic rings. The third-order valence-corrected chi connectivity index (χ3v) is 8.20. The molecule has 0 saturated carbocycles. The Morgan fingerprint density at radius 2 is 1.90 bits per heavy atom. The summed E-state index contributed by atoms with van der Waals surface area (Å²) < 4.78 is 0.0966. The minimum absolute atomic E-state index is 0.0966. The van der Waals surface area contributed by atoms with Gasteiger partial charge in [-0.05, 0) is 0 Å². The van der Waals surface area contributed by atoms with Crippen molar-refractivity contribution < 1.29 is 4.79 Å². The third-order valence-electron chi connectivity index (χ3n) is 1.17. The van der Waals surface area contributed by atoms with E-state index in [-0.39, 0.29) is 10.2 Å². The molecule has 0 fully saturated rings. The predicted octanol–water partition coefficient (Wildman–Crippen LogP) is 2.59. The van der Waals surface area contributed by atoms with Gasteiger partial charge in [0.05, 0.1) is 17.9 Å². The van der Waals surface area contributed by atoms with Crippen LogP contribution in [-0.2, 0) is 4.79 Å². The Kier molecular flexibility index (Phi) is 4.36. The molecule has 10 heavy (non-hydrogen) atoms. The van der Waals surface area contributed by atoms with Crippen LogP contribution in [0.25, 0.3) is 0 Å². The van der Waals surface area contributed by atoms with E-state index in [2.05, 4.69) is 51.5 Å². The highest BCUT2D eigenvalue weighted by Crippen LogP contribution is 2.17. The van der Waals surface area contributed by atoms with Crippen molar-refractivity contribution in [2.75, 3.05) is 5.33 Å². The maximum Gasteiger partial charge on any atom is 0.154 e. The average molecular weight is 288 g/mol. The molecule has 0 aromatic rings. The van der Waals surface area contributed by atoms with E-state index in [1.54, 1.807) is 0 Å². The van der Waals surface area contributed by atoms with Gasteiger partial charge in [-0.25, -0.2) is 0 Å². The summed E-state index contributed by atoms with van der Waals surface area (Å²) in [7, 11) is -1.31. The Morgan fingerprint density at radius 1 is 1.50 bits per heavy atom. The topological polar surface area (TPSA) is 17.1 Å². The summed E-state index contributed by atoms with van der Waals surface area (Å²) >= 11 is 6.56. The highest BCUT2D eigenvalue weighted by atomic mass is 79.9. The van der Waals surface area contributed by atoms with Crippen LogP contribution in [0.5, 0.6) is 0 Å². The number of halogens is 2. The van der Waals surface area contributed by atoms with Crippen LogP contribution < -0.4 is 0 Å². The Bertz CT molecular complexity index is 130. The maximum absolute atomic E-state index is 11.1. The van der Waals surface area contributed by atoms with E-state index < -0.39 is 8.07 Å². The van der Waals surface area contributed by atoms with Crippen molar-refractivity contribution in [3.63, 3.8) is 0 Å². The maximum atomic E-state index is 11.1. The molecule has 0 bridgehead atoms. The molecule has 0 aliphatic carbocycles. The molecule has 1 nitrogen and oxygen atoms in total. The molecule has 0 aromatic heterocycles. The highest BCUT2D eigenvalue weighted by molar-refractivity contribution is 9.11. The SMILES string of the molecule is C[Si](C)(C)C(Br)C(=O)CBr. The number of ketones is 1. The normalized spacial score (nSPS) is 14.9. The molecule has 0 spiro atoms. The van der Waals surface area contributed by atoms with Crippen molar-refractivity contribution in [3.05, 3.63) is 0 Å². The minimum atomic E-state index is -1.31. The number of hydrogen-bond acceptors (Lipinski definition) is 1. The van der Waals surface area contributed by atoms with Gasteiger partial charge >= 0.3 is 0 Å². The summed E-state index contributed by atoms with van der Waals surface area (Å²) in [5.41, 5.74) is 0. The summed E-state index contributed by atoms with van der Waals surface area (Å²) in [4.78, 5) is 11.1. The summed E-state index contributed by atoms with van der Waals surface area (Å²) in [6.07, 6.45) is 0. The van der Waals surface area contributed by atoms with Gasteiger partial charge in [-0.3, -0.25) is 4.79 Å². The minimum Gasteiger partial charge on any atom is -0.298 e. The van der Waals surface area contributed by atoms with Crippen LogP contribution in [-0.4, -0.2) is 23.6 Å². The summed E-state index contributed by atoms with van der Waals surface area (Å²) in [6, 6.07) is 0.